The number of hydrogen-bond donors (Lipinski definition) is 1. The van der Waals surface area contributed by atoms with E-state index in [1.54, 1.807) is 6.92 Å². The maximum Gasteiger partial charge on any atom is 0.339 e. The van der Waals surface area contributed by atoms with Gasteiger partial charge in [-0.3, -0.25) is 4.55 Å². The SMILES string of the molecule is Cc1cc(S(=O)(=O)O)c2c(c1OS(=O)(=O)c1c(C3CC4CCC3O4)cc(C3CC4CCC3O4)cc1C1CC3CCC1O3)CCCC2. The van der Waals surface area contributed by atoms with E-state index in [4.69, 9.17) is 18.4 Å². The van der Waals surface area contributed by atoms with Crippen LogP contribution in [-0.2, 0) is 47.3 Å². The molecule has 0 saturated carbocycles. The van der Waals surface area contributed by atoms with Crippen molar-refractivity contribution >= 4 is 20.2 Å². The van der Waals surface area contributed by atoms with Gasteiger partial charge in [0.1, 0.15) is 10.6 Å². The summed E-state index contributed by atoms with van der Waals surface area (Å²) in [6.07, 6.45) is 11.5. The highest BCUT2D eigenvalue weighted by molar-refractivity contribution is 7.87. The molecule has 9 nitrogen and oxygen atoms in total. The normalized spacial score (nSPS) is 36.1. The Labute approximate surface area is 271 Å². The van der Waals surface area contributed by atoms with Crippen LogP contribution in [0.3, 0.4) is 0 Å². The molecule has 11 heteroatoms. The van der Waals surface area contributed by atoms with Crippen molar-refractivity contribution in [1.29, 1.82) is 0 Å². The summed E-state index contributed by atoms with van der Waals surface area (Å²) in [7, 11) is -8.88. The van der Waals surface area contributed by atoms with Crippen LogP contribution in [0.5, 0.6) is 5.75 Å². The van der Waals surface area contributed by atoms with Crippen molar-refractivity contribution < 1.29 is 39.8 Å². The predicted molar refractivity (Wildman–Crippen MR) is 168 cm³/mol. The Morgan fingerprint density at radius 1 is 0.696 bits per heavy atom. The van der Waals surface area contributed by atoms with Crippen molar-refractivity contribution in [1.82, 2.24) is 0 Å². The molecule has 6 aliphatic heterocycles. The topological polar surface area (TPSA) is 125 Å². The number of hydrogen-bond acceptors (Lipinski definition) is 8. The van der Waals surface area contributed by atoms with Crippen LogP contribution in [0.2, 0.25) is 0 Å². The number of rotatable bonds is 7. The number of fused-ring (bicyclic) bond motifs is 7. The first-order chi connectivity index (χ1) is 22.0. The second kappa shape index (κ2) is 10.7. The number of aryl methyl sites for hydroxylation is 1. The van der Waals surface area contributed by atoms with Crippen LogP contribution in [0.15, 0.2) is 28.0 Å². The standard InChI is InChI=1S/C35H42O9S2/c1-18-12-33(45(36,37)38)23-4-2-3-5-24(23)34(18)44-46(39,40)35-28(26-16-21-7-10-31(26)42-21)13-19(25-15-20-6-9-30(25)41-20)14-29(35)27-17-22-8-11-32(27)43-22/h12-14,20-22,25-27,30-32H,2-11,15-17H2,1H3,(H,36,37,38). The maximum atomic E-state index is 15.0. The quantitative estimate of drug-likeness (QED) is 0.279. The first-order valence-electron chi connectivity index (χ1n) is 17.2. The molecule has 248 valence electrons. The molecule has 46 heavy (non-hydrogen) atoms. The monoisotopic (exact) mass is 670 g/mol. The van der Waals surface area contributed by atoms with Crippen molar-refractivity contribution in [2.45, 2.75) is 155 Å². The van der Waals surface area contributed by atoms with Crippen LogP contribution in [-0.4, -0.2) is 58.0 Å². The van der Waals surface area contributed by atoms with Crippen LogP contribution >= 0.6 is 0 Å². The largest absolute Gasteiger partial charge is 0.378 e. The van der Waals surface area contributed by atoms with Gasteiger partial charge in [0, 0.05) is 23.3 Å². The second-order valence-electron chi connectivity index (χ2n) is 14.9. The molecular weight excluding hydrogens is 629 g/mol. The smallest absolute Gasteiger partial charge is 0.339 e. The van der Waals surface area contributed by atoms with Gasteiger partial charge in [-0.05, 0) is 124 Å². The van der Waals surface area contributed by atoms with Crippen LogP contribution in [0.4, 0.5) is 0 Å². The van der Waals surface area contributed by atoms with Gasteiger partial charge in [-0.2, -0.15) is 16.8 Å². The maximum absolute atomic E-state index is 15.0. The molecule has 0 spiro atoms. The molecule has 0 aromatic heterocycles. The minimum absolute atomic E-state index is 0.0295. The van der Waals surface area contributed by atoms with Gasteiger partial charge >= 0.3 is 10.1 Å². The van der Waals surface area contributed by atoms with Crippen molar-refractivity contribution in [3.63, 3.8) is 0 Å². The highest BCUT2D eigenvalue weighted by Gasteiger charge is 2.49. The van der Waals surface area contributed by atoms with E-state index in [1.165, 1.54) is 6.07 Å². The first-order valence-corrected chi connectivity index (χ1v) is 20.1. The molecule has 6 saturated heterocycles. The molecule has 7 aliphatic rings. The summed E-state index contributed by atoms with van der Waals surface area (Å²) in [5, 5.41) is 0. The zero-order valence-electron chi connectivity index (χ0n) is 26.2. The van der Waals surface area contributed by atoms with Crippen LogP contribution < -0.4 is 4.18 Å². The highest BCUT2D eigenvalue weighted by atomic mass is 32.2. The summed E-state index contributed by atoms with van der Waals surface area (Å²) in [6.45, 7) is 1.65. The molecular formula is C35H42O9S2. The van der Waals surface area contributed by atoms with Crippen molar-refractivity contribution in [2.75, 3.05) is 0 Å². The fourth-order valence-electron chi connectivity index (χ4n) is 10.2. The van der Waals surface area contributed by atoms with E-state index < -0.39 is 20.2 Å². The van der Waals surface area contributed by atoms with Crippen LogP contribution in [0.25, 0.3) is 0 Å². The molecule has 6 fully saturated rings. The summed E-state index contributed by atoms with van der Waals surface area (Å²) in [4.78, 5) is 0.104. The first kappa shape index (κ1) is 30.1. The van der Waals surface area contributed by atoms with E-state index in [2.05, 4.69) is 12.1 Å². The molecule has 9 atom stereocenters. The Kier molecular flexibility index (Phi) is 7.02. The Morgan fingerprint density at radius 3 is 1.65 bits per heavy atom. The molecule has 6 bridgehead atoms. The third-order valence-electron chi connectivity index (χ3n) is 12.2. The van der Waals surface area contributed by atoms with Gasteiger partial charge in [0.15, 0.2) is 0 Å². The summed E-state index contributed by atoms with van der Waals surface area (Å²) in [6, 6.07) is 5.64. The Hall–Kier alpha value is -2.02. The fourth-order valence-corrected chi connectivity index (χ4v) is 12.6. The highest BCUT2D eigenvalue weighted by Crippen LogP contribution is 2.54. The lowest BCUT2D eigenvalue weighted by molar-refractivity contribution is 0.0996. The molecule has 0 radical (unpaired) electrons. The molecule has 9 unspecified atom stereocenters. The van der Waals surface area contributed by atoms with Gasteiger partial charge in [0.2, 0.25) is 0 Å². The van der Waals surface area contributed by atoms with Crippen LogP contribution in [0, 0.1) is 6.92 Å². The molecule has 2 aromatic carbocycles. The van der Waals surface area contributed by atoms with E-state index in [1.807, 2.05) is 0 Å². The molecule has 9 rings (SSSR count). The van der Waals surface area contributed by atoms with Gasteiger partial charge in [-0.15, -0.1) is 0 Å². The Balaban J connectivity index is 1.22. The molecule has 6 heterocycles. The third-order valence-corrected chi connectivity index (χ3v) is 14.5. The minimum Gasteiger partial charge on any atom is -0.378 e. The summed E-state index contributed by atoms with van der Waals surface area (Å²) >= 11 is 0. The van der Waals surface area contributed by atoms with Crippen LogP contribution in [0.1, 0.15) is 122 Å². The summed E-state index contributed by atoms with van der Waals surface area (Å²) in [5.74, 6) is 0.316. The summed E-state index contributed by atoms with van der Waals surface area (Å²) < 4.78 is 89.8. The summed E-state index contributed by atoms with van der Waals surface area (Å²) in [5.41, 5.74) is 4.15. The fraction of sp³-hybridized carbons (Fsp3) is 0.657. The average molecular weight is 671 g/mol. The van der Waals surface area contributed by atoms with Crippen molar-refractivity contribution in [3.05, 3.63) is 51.6 Å². The molecule has 1 N–H and O–H groups in total. The van der Waals surface area contributed by atoms with Gasteiger partial charge < -0.3 is 18.4 Å². The lowest BCUT2D eigenvalue weighted by Crippen LogP contribution is -2.26. The number of ether oxygens (including phenoxy) is 3. The molecule has 1 aliphatic carbocycles. The van der Waals surface area contributed by atoms with Crippen molar-refractivity contribution in [2.24, 2.45) is 0 Å². The second-order valence-corrected chi connectivity index (χ2v) is 17.7. The lowest BCUT2D eigenvalue weighted by atomic mass is 9.76. The number of benzene rings is 2. The van der Waals surface area contributed by atoms with Crippen molar-refractivity contribution in [3.8, 4) is 5.75 Å². The van der Waals surface area contributed by atoms with E-state index in [0.29, 0.717) is 29.5 Å². The zero-order chi connectivity index (χ0) is 31.5. The van der Waals surface area contributed by atoms with Gasteiger partial charge in [0.25, 0.3) is 10.1 Å². The van der Waals surface area contributed by atoms with E-state index in [-0.39, 0.29) is 69.9 Å². The lowest BCUT2D eigenvalue weighted by Gasteiger charge is -2.30. The van der Waals surface area contributed by atoms with E-state index in [0.717, 1.165) is 87.3 Å². The van der Waals surface area contributed by atoms with Gasteiger partial charge in [0.05, 0.1) is 41.5 Å². The minimum atomic E-state index is -4.48. The van der Waals surface area contributed by atoms with Gasteiger partial charge in [-0.1, -0.05) is 12.1 Å². The average Bonchev–Trinajstić information content (AvgIpc) is 3.89. The Morgan fingerprint density at radius 2 is 1.20 bits per heavy atom. The van der Waals surface area contributed by atoms with Gasteiger partial charge in [-0.25, -0.2) is 0 Å². The third kappa shape index (κ3) is 4.82. The zero-order valence-corrected chi connectivity index (χ0v) is 27.8. The predicted octanol–water partition coefficient (Wildman–Crippen LogP) is 5.99. The molecule has 2 aromatic rings. The molecule has 0 amide bonds. The Bertz CT molecular complexity index is 1770. The van der Waals surface area contributed by atoms with E-state index >= 15 is 0 Å². The van der Waals surface area contributed by atoms with E-state index in [9.17, 15) is 21.4 Å².